The Kier molecular flexibility index (Phi) is 8.90. The first-order chi connectivity index (χ1) is 19.1. The van der Waals surface area contributed by atoms with Crippen LogP contribution >= 0.6 is 11.6 Å². The first kappa shape index (κ1) is 28.8. The maximum atomic E-state index is 13.4. The third-order valence-electron chi connectivity index (χ3n) is 7.68. The number of hydrogen-bond acceptors (Lipinski definition) is 5. The highest BCUT2D eigenvalue weighted by atomic mass is 35.5. The summed E-state index contributed by atoms with van der Waals surface area (Å²) in [5, 5.41) is 22.9. The largest absolute Gasteiger partial charge is 0.481 e. The molecule has 4 atom stereocenters. The lowest BCUT2D eigenvalue weighted by Gasteiger charge is -2.45. The lowest BCUT2D eigenvalue weighted by molar-refractivity contribution is -0.188. The van der Waals surface area contributed by atoms with Crippen molar-refractivity contribution in [1.82, 2.24) is 5.32 Å². The SMILES string of the molecule is COC(=O)C1[C@@H](C(=O)O)C(C(=O)N[C@@H](C)[C@H](Cc2ccc(Cl)cc2)c2ccc(-c3ccccc3)cc2)[C@@H]1C(=O)O. The molecule has 0 bridgehead atoms. The Labute approximate surface area is 236 Å². The summed E-state index contributed by atoms with van der Waals surface area (Å²) in [4.78, 5) is 49.5. The minimum Gasteiger partial charge on any atom is -0.481 e. The summed E-state index contributed by atoms with van der Waals surface area (Å²) in [5.74, 6) is -10.6. The normalized spacial score (nSPS) is 21.4. The molecule has 3 aromatic carbocycles. The smallest absolute Gasteiger partial charge is 0.310 e. The number of nitrogens with one attached hydrogen (secondary N) is 1. The molecular formula is C31H30ClNO7. The van der Waals surface area contributed by atoms with Crippen molar-refractivity contribution < 1.29 is 34.1 Å². The molecule has 0 aromatic heterocycles. The zero-order valence-corrected chi connectivity index (χ0v) is 22.7. The van der Waals surface area contributed by atoms with E-state index in [1.54, 1.807) is 19.1 Å². The Morgan fingerprint density at radius 3 is 1.88 bits per heavy atom. The van der Waals surface area contributed by atoms with Gasteiger partial charge in [0.15, 0.2) is 0 Å². The van der Waals surface area contributed by atoms with Gasteiger partial charge in [0.1, 0.15) is 0 Å². The summed E-state index contributed by atoms with van der Waals surface area (Å²) in [5.41, 5.74) is 4.01. The van der Waals surface area contributed by atoms with E-state index in [9.17, 15) is 29.4 Å². The molecule has 0 aliphatic heterocycles. The number of rotatable bonds is 10. The van der Waals surface area contributed by atoms with Crippen LogP contribution in [0.3, 0.4) is 0 Å². The number of hydrogen-bond donors (Lipinski definition) is 3. The minimum absolute atomic E-state index is 0.238. The Bertz CT molecular complexity index is 1350. The van der Waals surface area contributed by atoms with Crippen molar-refractivity contribution in [2.75, 3.05) is 7.11 Å². The zero-order chi connectivity index (χ0) is 29.0. The molecule has 0 spiro atoms. The number of aliphatic carboxylic acids is 2. The second-order valence-corrected chi connectivity index (χ2v) is 10.5. The molecule has 0 unspecified atom stereocenters. The van der Waals surface area contributed by atoms with Gasteiger partial charge in [0.25, 0.3) is 0 Å². The number of benzene rings is 3. The molecule has 0 saturated heterocycles. The van der Waals surface area contributed by atoms with Gasteiger partial charge in [-0.15, -0.1) is 0 Å². The molecule has 0 radical (unpaired) electrons. The number of carboxylic acids is 2. The summed E-state index contributed by atoms with van der Waals surface area (Å²) < 4.78 is 4.63. The van der Waals surface area contributed by atoms with Gasteiger partial charge in [-0.2, -0.15) is 0 Å². The highest BCUT2D eigenvalue weighted by molar-refractivity contribution is 6.30. The third-order valence-corrected chi connectivity index (χ3v) is 7.93. The first-order valence-electron chi connectivity index (χ1n) is 12.9. The summed E-state index contributed by atoms with van der Waals surface area (Å²) in [6.45, 7) is 1.80. The minimum atomic E-state index is -1.50. The fourth-order valence-corrected chi connectivity index (χ4v) is 5.68. The highest BCUT2D eigenvalue weighted by Gasteiger charge is 2.64. The van der Waals surface area contributed by atoms with E-state index in [-0.39, 0.29) is 5.92 Å². The zero-order valence-electron chi connectivity index (χ0n) is 22.0. The number of amides is 1. The van der Waals surface area contributed by atoms with Gasteiger partial charge in [-0.3, -0.25) is 19.2 Å². The van der Waals surface area contributed by atoms with E-state index in [0.717, 1.165) is 29.4 Å². The molecule has 3 aromatic rings. The first-order valence-corrected chi connectivity index (χ1v) is 13.2. The second kappa shape index (κ2) is 12.3. The van der Waals surface area contributed by atoms with E-state index < -0.39 is 53.5 Å². The van der Waals surface area contributed by atoms with E-state index in [1.165, 1.54) is 0 Å². The van der Waals surface area contributed by atoms with Crippen LogP contribution in [0.5, 0.6) is 0 Å². The maximum Gasteiger partial charge on any atom is 0.310 e. The van der Waals surface area contributed by atoms with Crippen LogP contribution in [0.15, 0.2) is 78.9 Å². The summed E-state index contributed by atoms with van der Waals surface area (Å²) in [6.07, 6.45) is 0.531. The molecule has 208 valence electrons. The van der Waals surface area contributed by atoms with E-state index in [0.29, 0.717) is 11.4 Å². The Balaban J connectivity index is 1.61. The third kappa shape index (κ3) is 6.02. The topological polar surface area (TPSA) is 130 Å². The maximum absolute atomic E-state index is 13.4. The van der Waals surface area contributed by atoms with Crippen molar-refractivity contribution in [3.8, 4) is 11.1 Å². The molecule has 1 aliphatic carbocycles. The number of carbonyl (C=O) groups excluding carboxylic acids is 2. The standard InChI is InChI=1S/C31H30ClNO7/c1-17(33-28(34)24-25(29(35)36)27(31(39)40-2)26(24)30(37)38)23(16-18-8-14-22(32)15-9-18)21-12-10-20(11-13-21)19-6-4-3-5-7-19/h3-15,17,23-27H,16H2,1-2H3,(H,33,34)(H,35,36)(H,37,38)/t17-,23-,24?,25-,26-,27?/m0/s1. The van der Waals surface area contributed by atoms with Gasteiger partial charge in [-0.25, -0.2) is 0 Å². The predicted molar refractivity (Wildman–Crippen MR) is 149 cm³/mol. The van der Waals surface area contributed by atoms with Crippen LogP contribution in [0, 0.1) is 23.7 Å². The van der Waals surface area contributed by atoms with Gasteiger partial charge in [0.2, 0.25) is 5.91 Å². The van der Waals surface area contributed by atoms with Crippen molar-refractivity contribution in [3.63, 3.8) is 0 Å². The lowest BCUT2D eigenvalue weighted by Crippen LogP contribution is -2.63. The number of methoxy groups -OCH3 is 1. The summed E-state index contributed by atoms with van der Waals surface area (Å²) in [6, 6.07) is 24.7. The predicted octanol–water partition coefficient (Wildman–Crippen LogP) is 4.66. The van der Waals surface area contributed by atoms with Gasteiger partial charge in [-0.1, -0.05) is 78.3 Å². The van der Waals surface area contributed by atoms with Crippen LogP contribution in [0.2, 0.25) is 5.02 Å². The summed E-state index contributed by atoms with van der Waals surface area (Å²) >= 11 is 6.07. The average molecular weight is 564 g/mol. The second-order valence-electron chi connectivity index (χ2n) is 10.0. The monoisotopic (exact) mass is 563 g/mol. The van der Waals surface area contributed by atoms with Gasteiger partial charge < -0.3 is 20.3 Å². The average Bonchev–Trinajstić information content (AvgIpc) is 2.92. The number of halogens is 1. The van der Waals surface area contributed by atoms with Crippen molar-refractivity contribution in [2.24, 2.45) is 23.7 Å². The lowest BCUT2D eigenvalue weighted by atomic mass is 9.56. The Hall–Kier alpha value is -4.17. The molecule has 1 saturated carbocycles. The van der Waals surface area contributed by atoms with Gasteiger partial charge in [0, 0.05) is 17.0 Å². The van der Waals surface area contributed by atoms with Crippen LogP contribution in [-0.2, 0) is 30.3 Å². The molecule has 9 heteroatoms. The van der Waals surface area contributed by atoms with Crippen LogP contribution in [0.25, 0.3) is 11.1 Å². The van der Waals surface area contributed by atoms with Crippen LogP contribution in [-0.4, -0.2) is 47.2 Å². The summed E-state index contributed by atoms with van der Waals surface area (Å²) in [7, 11) is 1.06. The number of esters is 1. The van der Waals surface area contributed by atoms with Crippen molar-refractivity contribution in [3.05, 3.63) is 95.0 Å². The van der Waals surface area contributed by atoms with E-state index in [2.05, 4.69) is 10.1 Å². The molecule has 1 fully saturated rings. The molecule has 40 heavy (non-hydrogen) atoms. The fraction of sp³-hybridized carbons (Fsp3) is 0.290. The van der Waals surface area contributed by atoms with E-state index in [1.807, 2.05) is 66.7 Å². The van der Waals surface area contributed by atoms with Crippen LogP contribution in [0.4, 0.5) is 0 Å². The number of carboxylic acid groups (broad SMARTS) is 2. The number of carbonyl (C=O) groups is 4. The quantitative estimate of drug-likeness (QED) is 0.306. The molecule has 1 aliphatic rings. The highest BCUT2D eigenvalue weighted by Crippen LogP contribution is 2.47. The fourth-order valence-electron chi connectivity index (χ4n) is 5.55. The molecule has 8 nitrogen and oxygen atoms in total. The van der Waals surface area contributed by atoms with Crippen LogP contribution < -0.4 is 5.32 Å². The molecule has 1 amide bonds. The van der Waals surface area contributed by atoms with Gasteiger partial charge >= 0.3 is 17.9 Å². The van der Waals surface area contributed by atoms with Crippen molar-refractivity contribution in [1.29, 1.82) is 0 Å². The molecule has 0 heterocycles. The molecule has 3 N–H and O–H groups in total. The van der Waals surface area contributed by atoms with Gasteiger partial charge in [0.05, 0.1) is 30.8 Å². The van der Waals surface area contributed by atoms with Gasteiger partial charge in [-0.05, 0) is 47.7 Å². The molecular weight excluding hydrogens is 534 g/mol. The number of ether oxygens (including phenoxy) is 1. The molecule has 4 rings (SSSR count). The van der Waals surface area contributed by atoms with Crippen molar-refractivity contribution in [2.45, 2.75) is 25.3 Å². The van der Waals surface area contributed by atoms with E-state index in [4.69, 9.17) is 11.6 Å². The van der Waals surface area contributed by atoms with Crippen molar-refractivity contribution >= 4 is 35.4 Å². The Morgan fingerprint density at radius 1 is 0.800 bits per heavy atom. The van der Waals surface area contributed by atoms with Crippen LogP contribution in [0.1, 0.15) is 24.0 Å². The van der Waals surface area contributed by atoms with E-state index >= 15 is 0 Å². The Morgan fingerprint density at radius 2 is 1.35 bits per heavy atom.